The van der Waals surface area contributed by atoms with Crippen LogP contribution in [0.2, 0.25) is 0 Å². The van der Waals surface area contributed by atoms with Gasteiger partial charge in [0.2, 0.25) is 0 Å². The number of hydrogen-bond acceptors (Lipinski definition) is 3. The first-order valence-corrected chi connectivity index (χ1v) is 7.68. The normalized spacial score (nSPS) is 38.8. The largest absolute Gasteiger partial charge is 0.394 e. The SMILES string of the molecule is CC1CCCC(CO)(NCC2CCCN(C)C2)C1. The highest BCUT2D eigenvalue weighted by Gasteiger charge is 2.34. The average molecular weight is 254 g/mol. The monoisotopic (exact) mass is 254 g/mol. The molecule has 2 fully saturated rings. The van der Waals surface area contributed by atoms with Gasteiger partial charge in [0, 0.05) is 12.1 Å². The Bertz CT molecular complexity index is 259. The fourth-order valence-corrected chi connectivity index (χ4v) is 3.82. The Morgan fingerprint density at radius 2 is 2.17 bits per heavy atom. The van der Waals surface area contributed by atoms with Crippen LogP contribution in [-0.2, 0) is 0 Å². The van der Waals surface area contributed by atoms with Crippen LogP contribution in [0.3, 0.4) is 0 Å². The van der Waals surface area contributed by atoms with E-state index in [2.05, 4.69) is 24.2 Å². The lowest BCUT2D eigenvalue weighted by molar-refractivity contribution is 0.0889. The Morgan fingerprint density at radius 1 is 1.33 bits per heavy atom. The van der Waals surface area contributed by atoms with Gasteiger partial charge in [-0.1, -0.05) is 19.8 Å². The first-order valence-electron chi connectivity index (χ1n) is 7.68. The summed E-state index contributed by atoms with van der Waals surface area (Å²) in [7, 11) is 2.22. The van der Waals surface area contributed by atoms with Crippen molar-refractivity contribution in [3.63, 3.8) is 0 Å². The molecule has 1 saturated carbocycles. The highest BCUT2D eigenvalue weighted by Crippen LogP contribution is 2.32. The number of nitrogens with one attached hydrogen (secondary N) is 1. The molecule has 0 aromatic carbocycles. The molecule has 18 heavy (non-hydrogen) atoms. The molecule has 3 atom stereocenters. The van der Waals surface area contributed by atoms with E-state index in [9.17, 15) is 5.11 Å². The molecule has 1 heterocycles. The molecule has 0 aromatic rings. The average Bonchev–Trinajstić information content (AvgIpc) is 2.37. The van der Waals surface area contributed by atoms with Gasteiger partial charge >= 0.3 is 0 Å². The van der Waals surface area contributed by atoms with Gasteiger partial charge in [-0.05, 0) is 57.7 Å². The second-order valence-electron chi connectivity index (χ2n) is 6.79. The van der Waals surface area contributed by atoms with Gasteiger partial charge in [0.1, 0.15) is 0 Å². The highest BCUT2D eigenvalue weighted by molar-refractivity contribution is 4.93. The summed E-state index contributed by atoms with van der Waals surface area (Å²) < 4.78 is 0. The third-order valence-corrected chi connectivity index (χ3v) is 4.88. The third kappa shape index (κ3) is 3.69. The third-order valence-electron chi connectivity index (χ3n) is 4.88. The predicted molar refractivity (Wildman–Crippen MR) is 75.7 cm³/mol. The summed E-state index contributed by atoms with van der Waals surface area (Å²) >= 11 is 0. The van der Waals surface area contributed by atoms with Gasteiger partial charge in [-0.25, -0.2) is 0 Å². The first-order chi connectivity index (χ1) is 8.63. The Morgan fingerprint density at radius 3 is 2.83 bits per heavy atom. The van der Waals surface area contributed by atoms with Crippen molar-refractivity contribution in [2.24, 2.45) is 11.8 Å². The summed E-state index contributed by atoms with van der Waals surface area (Å²) in [5.41, 5.74) is 0.0215. The van der Waals surface area contributed by atoms with Crippen molar-refractivity contribution in [2.45, 2.75) is 51.0 Å². The van der Waals surface area contributed by atoms with E-state index in [0.717, 1.165) is 31.2 Å². The smallest absolute Gasteiger partial charge is 0.0613 e. The molecule has 0 amide bonds. The van der Waals surface area contributed by atoms with Crippen molar-refractivity contribution in [1.29, 1.82) is 0 Å². The molecule has 1 saturated heterocycles. The molecule has 2 rings (SSSR count). The van der Waals surface area contributed by atoms with E-state index < -0.39 is 0 Å². The summed E-state index contributed by atoms with van der Waals surface area (Å²) in [6.07, 6.45) is 7.55. The molecule has 0 radical (unpaired) electrons. The topological polar surface area (TPSA) is 35.5 Å². The minimum absolute atomic E-state index is 0.0215. The van der Waals surface area contributed by atoms with E-state index in [1.165, 1.54) is 38.8 Å². The van der Waals surface area contributed by atoms with Gasteiger partial charge in [-0.15, -0.1) is 0 Å². The van der Waals surface area contributed by atoms with Crippen LogP contribution in [0.15, 0.2) is 0 Å². The van der Waals surface area contributed by atoms with Crippen molar-refractivity contribution in [3.8, 4) is 0 Å². The number of rotatable bonds is 4. The lowest BCUT2D eigenvalue weighted by Crippen LogP contribution is -2.53. The number of nitrogens with zero attached hydrogens (tertiary/aromatic N) is 1. The van der Waals surface area contributed by atoms with Gasteiger partial charge < -0.3 is 15.3 Å². The molecule has 0 spiro atoms. The molecule has 1 aliphatic carbocycles. The maximum Gasteiger partial charge on any atom is 0.0613 e. The molecular weight excluding hydrogens is 224 g/mol. The Kier molecular flexibility index (Phi) is 5.05. The number of piperidine rings is 1. The fraction of sp³-hybridized carbons (Fsp3) is 1.00. The molecule has 0 aromatic heterocycles. The molecular formula is C15H30N2O. The van der Waals surface area contributed by atoms with Crippen molar-refractivity contribution >= 4 is 0 Å². The maximum absolute atomic E-state index is 9.77. The molecule has 106 valence electrons. The van der Waals surface area contributed by atoms with E-state index in [4.69, 9.17) is 0 Å². The van der Waals surface area contributed by atoms with Crippen LogP contribution in [0.1, 0.15) is 45.4 Å². The van der Waals surface area contributed by atoms with Crippen LogP contribution in [-0.4, -0.2) is 48.8 Å². The zero-order valence-corrected chi connectivity index (χ0v) is 12.1. The summed E-state index contributed by atoms with van der Waals surface area (Å²) in [6, 6.07) is 0. The standard InChI is InChI=1S/C15H30N2O/c1-13-5-3-7-15(9-13,12-18)16-10-14-6-4-8-17(2)11-14/h13-14,16,18H,3-12H2,1-2H3. The second-order valence-corrected chi connectivity index (χ2v) is 6.79. The molecule has 2 aliphatic rings. The van der Waals surface area contributed by atoms with Crippen molar-refractivity contribution in [1.82, 2.24) is 10.2 Å². The molecule has 1 aliphatic heterocycles. The van der Waals surface area contributed by atoms with E-state index in [1.807, 2.05) is 0 Å². The molecule has 3 unspecified atom stereocenters. The summed E-state index contributed by atoms with van der Waals surface area (Å²) in [4.78, 5) is 2.44. The molecule has 3 nitrogen and oxygen atoms in total. The van der Waals surface area contributed by atoms with Gasteiger partial charge in [0.15, 0.2) is 0 Å². The number of hydrogen-bond donors (Lipinski definition) is 2. The van der Waals surface area contributed by atoms with E-state index >= 15 is 0 Å². The van der Waals surface area contributed by atoms with Gasteiger partial charge in [-0.2, -0.15) is 0 Å². The van der Waals surface area contributed by atoms with Gasteiger partial charge in [-0.3, -0.25) is 0 Å². The quantitative estimate of drug-likeness (QED) is 0.804. The Balaban J connectivity index is 1.82. The zero-order chi connectivity index (χ0) is 13.0. The molecule has 0 bridgehead atoms. The fourth-order valence-electron chi connectivity index (χ4n) is 3.82. The van der Waals surface area contributed by atoms with Crippen LogP contribution in [0, 0.1) is 11.8 Å². The van der Waals surface area contributed by atoms with Crippen LogP contribution in [0.25, 0.3) is 0 Å². The van der Waals surface area contributed by atoms with E-state index in [0.29, 0.717) is 6.61 Å². The Labute approximate surface area is 112 Å². The number of likely N-dealkylation sites (tertiary alicyclic amines) is 1. The van der Waals surface area contributed by atoms with E-state index in [-0.39, 0.29) is 5.54 Å². The lowest BCUT2D eigenvalue weighted by Gasteiger charge is -2.41. The first kappa shape index (κ1) is 14.3. The van der Waals surface area contributed by atoms with Crippen LogP contribution in [0.5, 0.6) is 0 Å². The summed E-state index contributed by atoms with van der Waals surface area (Å²) in [5, 5.41) is 13.5. The Hall–Kier alpha value is -0.120. The summed E-state index contributed by atoms with van der Waals surface area (Å²) in [6.45, 7) is 6.17. The minimum Gasteiger partial charge on any atom is -0.394 e. The van der Waals surface area contributed by atoms with Gasteiger partial charge in [0.05, 0.1) is 6.61 Å². The van der Waals surface area contributed by atoms with E-state index in [1.54, 1.807) is 0 Å². The van der Waals surface area contributed by atoms with Crippen molar-refractivity contribution in [3.05, 3.63) is 0 Å². The number of aliphatic hydroxyl groups is 1. The molecule has 3 heteroatoms. The molecule has 2 N–H and O–H groups in total. The van der Waals surface area contributed by atoms with Crippen molar-refractivity contribution < 1.29 is 5.11 Å². The van der Waals surface area contributed by atoms with Crippen LogP contribution in [0.4, 0.5) is 0 Å². The van der Waals surface area contributed by atoms with Crippen LogP contribution >= 0.6 is 0 Å². The predicted octanol–water partition coefficient (Wildman–Crippen LogP) is 1.86. The highest BCUT2D eigenvalue weighted by atomic mass is 16.3. The lowest BCUT2D eigenvalue weighted by atomic mass is 9.76. The summed E-state index contributed by atoms with van der Waals surface area (Å²) in [5.74, 6) is 1.52. The van der Waals surface area contributed by atoms with Crippen molar-refractivity contribution in [2.75, 3.05) is 33.3 Å². The minimum atomic E-state index is 0.0215. The second kappa shape index (κ2) is 6.36. The van der Waals surface area contributed by atoms with Crippen LogP contribution < -0.4 is 5.32 Å². The maximum atomic E-state index is 9.77. The zero-order valence-electron chi connectivity index (χ0n) is 12.1. The number of aliphatic hydroxyl groups excluding tert-OH is 1. The van der Waals surface area contributed by atoms with Gasteiger partial charge in [0.25, 0.3) is 0 Å².